The minimum absolute atomic E-state index is 0.228. The molecule has 0 spiro atoms. The molecule has 0 rings (SSSR count). The van der Waals surface area contributed by atoms with Crippen molar-refractivity contribution in [1.29, 1.82) is 0 Å². The lowest BCUT2D eigenvalue weighted by Crippen LogP contribution is -2.36. The molecule has 0 aliphatic heterocycles. The normalized spacial score (nSPS) is 12.8. The number of terminal acetylenes is 1. The van der Waals surface area contributed by atoms with Gasteiger partial charge in [0.1, 0.15) is 12.1 Å². The summed E-state index contributed by atoms with van der Waals surface area (Å²) in [5.41, 5.74) is 5.34. The third-order valence-electron chi connectivity index (χ3n) is 2.68. The molecule has 1 amide bonds. The zero-order valence-electron chi connectivity index (χ0n) is 13.5. The van der Waals surface area contributed by atoms with Crippen LogP contribution in [0.1, 0.15) is 25.7 Å². The van der Waals surface area contributed by atoms with Gasteiger partial charge in [0.2, 0.25) is 5.91 Å². The number of ether oxygens (including phenoxy) is 1. The molecule has 25 heavy (non-hydrogen) atoms. The number of carboxylic acids is 2. The second-order valence-electron chi connectivity index (χ2n) is 4.67. The van der Waals surface area contributed by atoms with Gasteiger partial charge in [-0.2, -0.15) is 13.2 Å². The van der Waals surface area contributed by atoms with Crippen LogP contribution in [0.15, 0.2) is 0 Å². The molecule has 0 fully saturated rings. The van der Waals surface area contributed by atoms with Crippen LogP contribution in [0.25, 0.3) is 0 Å². The van der Waals surface area contributed by atoms with E-state index in [1.54, 1.807) is 0 Å². The molecule has 5 N–H and O–H groups in total. The maximum absolute atomic E-state index is 11.5. The summed E-state index contributed by atoms with van der Waals surface area (Å²) in [4.78, 5) is 30.9. The molecular formula is C14H21F3N2O6. The van der Waals surface area contributed by atoms with Crippen molar-refractivity contribution in [3.8, 4) is 12.3 Å². The molecule has 11 heteroatoms. The molecule has 8 nitrogen and oxygen atoms in total. The van der Waals surface area contributed by atoms with Crippen LogP contribution in [0.4, 0.5) is 13.2 Å². The lowest BCUT2D eigenvalue weighted by atomic mass is 10.1. The molecule has 0 saturated carbocycles. The van der Waals surface area contributed by atoms with E-state index in [4.69, 9.17) is 31.9 Å². The summed E-state index contributed by atoms with van der Waals surface area (Å²) in [5.74, 6) is -1.65. The summed E-state index contributed by atoms with van der Waals surface area (Å²) < 4.78 is 36.7. The fourth-order valence-electron chi connectivity index (χ4n) is 1.33. The van der Waals surface area contributed by atoms with E-state index in [1.807, 2.05) is 0 Å². The molecule has 0 bridgehead atoms. The van der Waals surface area contributed by atoms with E-state index in [1.165, 1.54) is 7.11 Å². The summed E-state index contributed by atoms with van der Waals surface area (Å²) in [6.07, 6.45) is 1.32. The van der Waals surface area contributed by atoms with Gasteiger partial charge < -0.3 is 26.0 Å². The number of aliphatic carboxylic acids is 2. The number of amides is 1. The van der Waals surface area contributed by atoms with E-state index in [0.29, 0.717) is 25.8 Å². The lowest BCUT2D eigenvalue weighted by molar-refractivity contribution is -0.192. The van der Waals surface area contributed by atoms with Crippen molar-refractivity contribution in [3.05, 3.63) is 0 Å². The first kappa shape index (κ1) is 24.9. The molecule has 2 atom stereocenters. The maximum atomic E-state index is 11.5. The second-order valence-corrected chi connectivity index (χ2v) is 4.67. The molecule has 0 aromatic rings. The number of methoxy groups -OCH3 is 1. The van der Waals surface area contributed by atoms with E-state index in [2.05, 4.69) is 11.2 Å². The van der Waals surface area contributed by atoms with Crippen LogP contribution in [0, 0.1) is 12.3 Å². The third-order valence-corrected chi connectivity index (χ3v) is 2.68. The molecular weight excluding hydrogens is 349 g/mol. The molecule has 0 radical (unpaired) electrons. The van der Waals surface area contributed by atoms with Crippen molar-refractivity contribution in [2.24, 2.45) is 5.73 Å². The Morgan fingerprint density at radius 2 is 1.80 bits per heavy atom. The van der Waals surface area contributed by atoms with Crippen molar-refractivity contribution >= 4 is 17.8 Å². The number of hydrogen-bond donors (Lipinski definition) is 4. The van der Waals surface area contributed by atoms with Gasteiger partial charge in [-0.25, -0.2) is 4.79 Å². The summed E-state index contributed by atoms with van der Waals surface area (Å²) in [6.45, 7) is 0.454. The number of nitrogens with two attached hydrogens (primary N) is 1. The van der Waals surface area contributed by atoms with Gasteiger partial charge in [-0.1, -0.05) is 0 Å². The molecule has 0 heterocycles. The van der Waals surface area contributed by atoms with Crippen LogP contribution in [-0.2, 0) is 19.1 Å². The Bertz CT molecular complexity index is 476. The minimum Gasteiger partial charge on any atom is -0.480 e. The Balaban J connectivity index is 0. The Kier molecular flexibility index (Phi) is 13.0. The van der Waals surface area contributed by atoms with Gasteiger partial charge in [-0.3, -0.25) is 9.59 Å². The van der Waals surface area contributed by atoms with Gasteiger partial charge in [0, 0.05) is 20.1 Å². The van der Waals surface area contributed by atoms with Crippen LogP contribution >= 0.6 is 0 Å². The third kappa shape index (κ3) is 13.8. The van der Waals surface area contributed by atoms with Crippen molar-refractivity contribution < 1.29 is 42.5 Å². The Labute approximate surface area is 142 Å². The number of carbonyl (C=O) groups is 3. The van der Waals surface area contributed by atoms with Gasteiger partial charge in [0.15, 0.2) is 0 Å². The SMILES string of the molecule is C#CCC(OC)C(=O)NCCCC[C@H](N)C(=O)O.O=C(O)C(F)(F)F. The molecule has 0 aliphatic rings. The number of nitrogens with one attached hydrogen (secondary N) is 1. The highest BCUT2D eigenvalue weighted by Crippen LogP contribution is 2.13. The van der Waals surface area contributed by atoms with Gasteiger partial charge >= 0.3 is 18.1 Å². The molecule has 0 aromatic carbocycles. The number of hydrogen-bond acceptors (Lipinski definition) is 5. The highest BCUT2D eigenvalue weighted by Gasteiger charge is 2.38. The van der Waals surface area contributed by atoms with E-state index in [0.717, 1.165) is 0 Å². The Morgan fingerprint density at radius 3 is 2.16 bits per heavy atom. The van der Waals surface area contributed by atoms with Crippen LogP contribution in [0.5, 0.6) is 0 Å². The highest BCUT2D eigenvalue weighted by atomic mass is 19.4. The van der Waals surface area contributed by atoms with Crippen LogP contribution in [0.3, 0.4) is 0 Å². The van der Waals surface area contributed by atoms with E-state index < -0.39 is 30.3 Å². The maximum Gasteiger partial charge on any atom is 0.490 e. The van der Waals surface area contributed by atoms with Crippen molar-refractivity contribution in [2.45, 2.75) is 44.0 Å². The van der Waals surface area contributed by atoms with E-state index in [-0.39, 0.29) is 12.3 Å². The van der Waals surface area contributed by atoms with Crippen LogP contribution in [0.2, 0.25) is 0 Å². The molecule has 0 saturated heterocycles. The van der Waals surface area contributed by atoms with Gasteiger partial charge in [-0.05, 0) is 19.3 Å². The second kappa shape index (κ2) is 13.0. The average Bonchev–Trinajstić information content (AvgIpc) is 2.51. The fourth-order valence-corrected chi connectivity index (χ4v) is 1.33. The zero-order valence-corrected chi connectivity index (χ0v) is 13.5. The number of carbonyl (C=O) groups excluding carboxylic acids is 1. The lowest BCUT2D eigenvalue weighted by Gasteiger charge is -2.12. The number of unbranched alkanes of at least 4 members (excludes halogenated alkanes) is 1. The first-order valence-electron chi connectivity index (χ1n) is 6.99. The first-order valence-corrected chi connectivity index (χ1v) is 6.99. The van der Waals surface area contributed by atoms with Crippen molar-refractivity contribution in [2.75, 3.05) is 13.7 Å². The van der Waals surface area contributed by atoms with Gasteiger partial charge in [0.05, 0.1) is 0 Å². The number of alkyl halides is 3. The summed E-state index contributed by atoms with van der Waals surface area (Å²) in [6, 6.07) is -0.839. The van der Waals surface area contributed by atoms with Crippen molar-refractivity contribution in [3.63, 3.8) is 0 Å². The number of carboxylic acid groups (broad SMARTS) is 2. The highest BCUT2D eigenvalue weighted by molar-refractivity contribution is 5.81. The summed E-state index contributed by atoms with van der Waals surface area (Å²) >= 11 is 0. The van der Waals surface area contributed by atoms with Crippen molar-refractivity contribution in [1.82, 2.24) is 5.32 Å². The largest absolute Gasteiger partial charge is 0.490 e. The minimum atomic E-state index is -5.08. The van der Waals surface area contributed by atoms with E-state index >= 15 is 0 Å². The summed E-state index contributed by atoms with van der Waals surface area (Å²) in [7, 11) is 1.42. The predicted molar refractivity (Wildman–Crippen MR) is 80.4 cm³/mol. The Hall–Kier alpha value is -2.32. The molecule has 0 aliphatic carbocycles. The molecule has 1 unspecified atom stereocenters. The van der Waals surface area contributed by atoms with E-state index in [9.17, 15) is 22.8 Å². The quantitative estimate of drug-likeness (QED) is 0.339. The zero-order chi connectivity index (χ0) is 20.0. The van der Waals surface area contributed by atoms with Crippen LogP contribution in [-0.4, -0.2) is 60.0 Å². The Morgan fingerprint density at radius 1 is 1.28 bits per heavy atom. The standard InChI is InChI=1S/C12H20N2O4.C2HF3O2/c1-3-6-10(18-2)11(15)14-8-5-4-7-9(13)12(16)17;3-2(4,5)1(6)7/h1,9-10H,4-8,13H2,2H3,(H,14,15)(H,16,17);(H,6,7)/t9-,10?;/m0./s1. The van der Waals surface area contributed by atoms with Gasteiger partial charge in [0.25, 0.3) is 0 Å². The first-order chi connectivity index (χ1) is 11.5. The fraction of sp³-hybridized carbons (Fsp3) is 0.643. The van der Waals surface area contributed by atoms with Gasteiger partial charge in [-0.15, -0.1) is 12.3 Å². The predicted octanol–water partition coefficient (Wildman–Crippen LogP) is 0.356. The topological polar surface area (TPSA) is 139 Å². The monoisotopic (exact) mass is 370 g/mol. The number of rotatable bonds is 9. The molecule has 0 aromatic heterocycles. The number of halogens is 3. The van der Waals surface area contributed by atoms with Crippen LogP contribution < -0.4 is 11.1 Å². The molecule has 144 valence electrons. The average molecular weight is 370 g/mol. The summed E-state index contributed by atoms with van der Waals surface area (Å²) in [5, 5.41) is 18.4. The smallest absolute Gasteiger partial charge is 0.480 e.